The van der Waals surface area contributed by atoms with Crippen molar-refractivity contribution in [3.63, 3.8) is 0 Å². The smallest absolute Gasteiger partial charge is 0.251 e. The third-order valence-corrected chi connectivity index (χ3v) is 3.46. The number of amides is 2. The zero-order valence-corrected chi connectivity index (χ0v) is 11.5. The van der Waals surface area contributed by atoms with E-state index >= 15 is 0 Å². The van der Waals surface area contributed by atoms with Gasteiger partial charge in [-0.05, 0) is 19.1 Å². The summed E-state index contributed by atoms with van der Waals surface area (Å²) in [5.41, 5.74) is 0.601. The number of anilines is 1. The molecule has 1 aliphatic rings. The molecule has 2 amide bonds. The lowest BCUT2D eigenvalue weighted by atomic mass is 10.2. The first-order valence-corrected chi connectivity index (χ1v) is 6.70. The summed E-state index contributed by atoms with van der Waals surface area (Å²) < 4.78 is 0. The Balaban J connectivity index is 1.75. The van der Waals surface area contributed by atoms with Crippen LogP contribution in [0.4, 0.5) is 5.69 Å². The SMILES string of the molecule is CC(NC1CC(=O)N(c2ccccc2)C1=O)c1ncn[nH]1. The maximum absolute atomic E-state index is 12.4. The number of nitrogens with zero attached hydrogens (tertiary/aromatic N) is 3. The Bertz CT molecular complexity index is 641. The van der Waals surface area contributed by atoms with E-state index < -0.39 is 6.04 Å². The number of nitrogens with one attached hydrogen (secondary N) is 2. The molecule has 1 aliphatic heterocycles. The maximum atomic E-state index is 12.4. The first kappa shape index (κ1) is 13.4. The van der Waals surface area contributed by atoms with Gasteiger partial charge in [0, 0.05) is 0 Å². The van der Waals surface area contributed by atoms with E-state index in [2.05, 4.69) is 20.5 Å². The topological polar surface area (TPSA) is 91.0 Å². The van der Waals surface area contributed by atoms with E-state index in [4.69, 9.17) is 0 Å². The van der Waals surface area contributed by atoms with Gasteiger partial charge >= 0.3 is 0 Å². The number of carbonyl (C=O) groups excluding carboxylic acids is 2. The lowest BCUT2D eigenvalue weighted by Crippen LogP contribution is -2.40. The van der Waals surface area contributed by atoms with Crippen LogP contribution in [-0.4, -0.2) is 33.0 Å². The summed E-state index contributed by atoms with van der Waals surface area (Å²) in [4.78, 5) is 29.8. The molecule has 1 fully saturated rings. The Morgan fingerprint density at radius 2 is 2.10 bits per heavy atom. The van der Waals surface area contributed by atoms with Gasteiger partial charge in [-0.3, -0.25) is 20.0 Å². The number of imide groups is 1. The molecule has 2 aromatic rings. The van der Waals surface area contributed by atoms with Crippen molar-refractivity contribution in [1.82, 2.24) is 20.5 Å². The van der Waals surface area contributed by atoms with Gasteiger partial charge in [0.15, 0.2) is 0 Å². The average molecular weight is 285 g/mol. The molecule has 1 aromatic heterocycles. The van der Waals surface area contributed by atoms with Crippen molar-refractivity contribution < 1.29 is 9.59 Å². The first-order chi connectivity index (χ1) is 10.2. The summed E-state index contributed by atoms with van der Waals surface area (Å²) >= 11 is 0. The molecule has 0 aliphatic carbocycles. The Morgan fingerprint density at radius 1 is 1.33 bits per heavy atom. The summed E-state index contributed by atoms with van der Waals surface area (Å²) in [6.45, 7) is 1.86. The number of carbonyl (C=O) groups is 2. The van der Waals surface area contributed by atoms with E-state index in [1.54, 1.807) is 24.3 Å². The molecule has 21 heavy (non-hydrogen) atoms. The Hall–Kier alpha value is -2.54. The van der Waals surface area contributed by atoms with E-state index in [-0.39, 0.29) is 24.3 Å². The number of rotatable bonds is 4. The molecule has 0 bridgehead atoms. The van der Waals surface area contributed by atoms with Gasteiger partial charge in [0.25, 0.3) is 5.91 Å². The Kier molecular flexibility index (Phi) is 3.49. The van der Waals surface area contributed by atoms with Crippen LogP contribution in [0.2, 0.25) is 0 Å². The molecule has 2 heterocycles. The zero-order chi connectivity index (χ0) is 14.8. The van der Waals surface area contributed by atoms with Crippen molar-refractivity contribution in [2.75, 3.05) is 4.90 Å². The number of para-hydroxylation sites is 1. The summed E-state index contributed by atoms with van der Waals surface area (Å²) in [7, 11) is 0. The summed E-state index contributed by atoms with van der Waals surface area (Å²) in [6, 6.07) is 8.20. The van der Waals surface area contributed by atoms with Crippen molar-refractivity contribution in [1.29, 1.82) is 0 Å². The second-order valence-electron chi connectivity index (χ2n) is 4.92. The van der Waals surface area contributed by atoms with Gasteiger partial charge in [-0.2, -0.15) is 5.10 Å². The fourth-order valence-electron chi connectivity index (χ4n) is 2.41. The van der Waals surface area contributed by atoms with Crippen LogP contribution in [-0.2, 0) is 9.59 Å². The van der Waals surface area contributed by atoms with Crippen LogP contribution >= 0.6 is 0 Å². The summed E-state index contributed by atoms with van der Waals surface area (Å²) in [5, 5.41) is 9.64. The third kappa shape index (κ3) is 2.55. The van der Waals surface area contributed by atoms with E-state index in [9.17, 15) is 9.59 Å². The van der Waals surface area contributed by atoms with Crippen molar-refractivity contribution >= 4 is 17.5 Å². The second kappa shape index (κ2) is 5.45. The standard InChI is InChI=1S/C14H15N5O2/c1-9(13-15-8-16-18-13)17-11-7-12(20)19(14(11)21)10-5-3-2-4-6-10/h2-6,8-9,11,17H,7H2,1H3,(H,15,16,18). The minimum Gasteiger partial charge on any atom is -0.296 e. The number of benzene rings is 1. The van der Waals surface area contributed by atoms with Crippen LogP contribution in [0.5, 0.6) is 0 Å². The fraction of sp³-hybridized carbons (Fsp3) is 0.286. The molecule has 7 heteroatoms. The zero-order valence-electron chi connectivity index (χ0n) is 11.5. The molecular formula is C14H15N5O2. The van der Waals surface area contributed by atoms with Gasteiger partial charge in [-0.1, -0.05) is 18.2 Å². The summed E-state index contributed by atoms with van der Waals surface area (Å²) in [6.07, 6.45) is 1.55. The number of hydrogen-bond donors (Lipinski definition) is 2. The van der Waals surface area contributed by atoms with Crippen LogP contribution in [0.15, 0.2) is 36.7 Å². The first-order valence-electron chi connectivity index (χ1n) is 6.70. The van der Waals surface area contributed by atoms with Crippen LogP contribution in [0, 0.1) is 0 Å². The van der Waals surface area contributed by atoms with Crippen molar-refractivity contribution in [2.45, 2.75) is 25.4 Å². The molecular weight excluding hydrogens is 270 g/mol. The minimum absolute atomic E-state index is 0.145. The fourth-order valence-corrected chi connectivity index (χ4v) is 2.41. The predicted octanol–water partition coefficient (Wildman–Crippen LogP) is 0.787. The van der Waals surface area contributed by atoms with E-state index in [0.717, 1.165) is 0 Å². The normalized spacial score (nSPS) is 20.0. The van der Waals surface area contributed by atoms with Gasteiger partial charge < -0.3 is 0 Å². The minimum atomic E-state index is -0.544. The van der Waals surface area contributed by atoms with Crippen LogP contribution in [0.1, 0.15) is 25.2 Å². The average Bonchev–Trinajstić information content (AvgIpc) is 3.09. The third-order valence-electron chi connectivity index (χ3n) is 3.46. The molecule has 2 atom stereocenters. The molecule has 108 valence electrons. The maximum Gasteiger partial charge on any atom is 0.251 e. The quantitative estimate of drug-likeness (QED) is 0.810. The number of aromatic nitrogens is 3. The van der Waals surface area contributed by atoms with Gasteiger partial charge in [-0.25, -0.2) is 9.88 Å². The lowest BCUT2D eigenvalue weighted by Gasteiger charge is -2.17. The van der Waals surface area contributed by atoms with E-state index in [1.807, 2.05) is 13.0 Å². The molecule has 2 N–H and O–H groups in total. The molecule has 1 aromatic carbocycles. The van der Waals surface area contributed by atoms with Crippen molar-refractivity contribution in [3.05, 3.63) is 42.5 Å². The molecule has 2 unspecified atom stereocenters. The number of aromatic amines is 1. The highest BCUT2D eigenvalue weighted by atomic mass is 16.2. The van der Waals surface area contributed by atoms with Crippen molar-refractivity contribution in [2.24, 2.45) is 0 Å². The van der Waals surface area contributed by atoms with Crippen molar-refractivity contribution in [3.8, 4) is 0 Å². The highest BCUT2D eigenvalue weighted by Crippen LogP contribution is 2.23. The van der Waals surface area contributed by atoms with Crippen LogP contribution in [0.25, 0.3) is 0 Å². The van der Waals surface area contributed by atoms with Crippen LogP contribution in [0.3, 0.4) is 0 Å². The molecule has 0 radical (unpaired) electrons. The van der Waals surface area contributed by atoms with Gasteiger partial charge in [0.2, 0.25) is 5.91 Å². The number of H-pyrrole nitrogens is 1. The molecule has 1 saturated heterocycles. The monoisotopic (exact) mass is 285 g/mol. The predicted molar refractivity (Wildman–Crippen MR) is 75.3 cm³/mol. The van der Waals surface area contributed by atoms with Gasteiger partial charge in [0.1, 0.15) is 12.2 Å². The highest BCUT2D eigenvalue weighted by Gasteiger charge is 2.40. The molecule has 0 spiro atoms. The number of hydrogen-bond acceptors (Lipinski definition) is 5. The molecule has 7 nitrogen and oxygen atoms in total. The largest absolute Gasteiger partial charge is 0.296 e. The van der Waals surface area contributed by atoms with E-state index in [0.29, 0.717) is 11.5 Å². The Morgan fingerprint density at radius 3 is 2.76 bits per heavy atom. The molecule has 3 rings (SSSR count). The second-order valence-corrected chi connectivity index (χ2v) is 4.92. The highest BCUT2D eigenvalue weighted by molar-refractivity contribution is 6.22. The van der Waals surface area contributed by atoms with Crippen LogP contribution < -0.4 is 10.2 Å². The lowest BCUT2D eigenvalue weighted by molar-refractivity contribution is -0.121. The van der Waals surface area contributed by atoms with E-state index in [1.165, 1.54) is 11.2 Å². The summed E-state index contributed by atoms with van der Waals surface area (Å²) in [5.74, 6) is 0.194. The van der Waals surface area contributed by atoms with Gasteiger partial charge in [-0.15, -0.1) is 0 Å². The van der Waals surface area contributed by atoms with Gasteiger partial charge in [0.05, 0.1) is 24.2 Å². The Labute approximate surface area is 121 Å². The molecule has 0 saturated carbocycles.